The second-order valence-electron chi connectivity index (χ2n) is 5.90. The van der Waals surface area contributed by atoms with Crippen molar-refractivity contribution >= 4 is 29.9 Å². The van der Waals surface area contributed by atoms with Gasteiger partial charge in [-0.3, -0.25) is 4.99 Å². The maximum atomic E-state index is 13.0. The van der Waals surface area contributed by atoms with Gasteiger partial charge in [-0.2, -0.15) is 0 Å². The minimum Gasteiger partial charge on any atom is -0.357 e. The van der Waals surface area contributed by atoms with Gasteiger partial charge >= 0.3 is 0 Å². The fourth-order valence-electron chi connectivity index (χ4n) is 2.46. The molecule has 2 fully saturated rings. The van der Waals surface area contributed by atoms with Gasteiger partial charge < -0.3 is 10.6 Å². The molecule has 21 heavy (non-hydrogen) atoms. The Kier molecular flexibility index (Phi) is 5.46. The first-order valence-electron chi connectivity index (χ1n) is 7.53. The molecule has 0 radical (unpaired) electrons. The molecule has 0 atom stereocenters. The zero-order valence-electron chi connectivity index (χ0n) is 12.4. The number of hydrogen-bond donors (Lipinski definition) is 2. The quantitative estimate of drug-likeness (QED) is 0.450. The molecule has 0 heterocycles. The van der Waals surface area contributed by atoms with Gasteiger partial charge in [0.05, 0.1) is 6.54 Å². The van der Waals surface area contributed by atoms with Crippen molar-refractivity contribution in [3.8, 4) is 0 Å². The van der Waals surface area contributed by atoms with Crippen LogP contribution in [0.15, 0.2) is 29.3 Å². The Morgan fingerprint density at radius 1 is 1.29 bits per heavy atom. The third kappa shape index (κ3) is 4.31. The van der Waals surface area contributed by atoms with Gasteiger partial charge in [-0.15, -0.1) is 24.0 Å². The van der Waals surface area contributed by atoms with Crippen LogP contribution in [-0.2, 0) is 5.41 Å². The van der Waals surface area contributed by atoms with E-state index in [4.69, 9.17) is 4.99 Å². The van der Waals surface area contributed by atoms with E-state index >= 15 is 0 Å². The Bertz CT molecular complexity index is 493. The Labute approximate surface area is 142 Å². The van der Waals surface area contributed by atoms with Crippen LogP contribution >= 0.6 is 24.0 Å². The van der Waals surface area contributed by atoms with Crippen LogP contribution in [0.5, 0.6) is 0 Å². The maximum absolute atomic E-state index is 13.0. The fraction of sp³-hybridized carbons (Fsp3) is 0.562. The van der Waals surface area contributed by atoms with Gasteiger partial charge in [-0.25, -0.2) is 4.39 Å². The first-order valence-corrected chi connectivity index (χ1v) is 7.53. The molecule has 0 amide bonds. The summed E-state index contributed by atoms with van der Waals surface area (Å²) in [6.07, 6.45) is 4.77. The molecule has 2 N–H and O–H groups in total. The molecule has 2 aliphatic rings. The minimum absolute atomic E-state index is 0. The van der Waals surface area contributed by atoms with E-state index in [2.05, 4.69) is 17.6 Å². The number of guanidine groups is 1. The lowest BCUT2D eigenvalue weighted by molar-refractivity contribution is 0.623. The largest absolute Gasteiger partial charge is 0.357 e. The average Bonchev–Trinajstić information content (AvgIpc) is 3.33. The molecule has 116 valence electrons. The zero-order valence-corrected chi connectivity index (χ0v) is 14.7. The molecule has 1 aromatic carbocycles. The number of halogens is 2. The molecule has 2 saturated carbocycles. The summed E-state index contributed by atoms with van der Waals surface area (Å²) in [5.74, 6) is 0.750. The number of nitrogens with one attached hydrogen (secondary N) is 2. The highest BCUT2D eigenvalue weighted by Gasteiger charge is 2.44. The first-order chi connectivity index (χ1) is 9.72. The van der Waals surface area contributed by atoms with Crippen molar-refractivity contribution < 1.29 is 4.39 Å². The Morgan fingerprint density at radius 2 is 1.95 bits per heavy atom. The lowest BCUT2D eigenvalue weighted by Gasteiger charge is -2.15. The second-order valence-corrected chi connectivity index (χ2v) is 5.90. The summed E-state index contributed by atoms with van der Waals surface area (Å²) in [5.41, 5.74) is 1.35. The predicted octanol–water partition coefficient (Wildman–Crippen LogP) is 3.19. The van der Waals surface area contributed by atoms with E-state index in [0.29, 0.717) is 6.04 Å². The van der Waals surface area contributed by atoms with Gasteiger partial charge in [0.15, 0.2) is 5.96 Å². The molecule has 0 aromatic heterocycles. The Morgan fingerprint density at radius 3 is 2.48 bits per heavy atom. The lowest BCUT2D eigenvalue weighted by atomic mass is 9.96. The van der Waals surface area contributed by atoms with Gasteiger partial charge in [-0.1, -0.05) is 12.1 Å². The normalized spacial score (nSPS) is 19.6. The van der Waals surface area contributed by atoms with E-state index < -0.39 is 0 Å². The molecule has 1 aromatic rings. The van der Waals surface area contributed by atoms with Crippen molar-refractivity contribution in [2.75, 3.05) is 13.1 Å². The molecule has 0 bridgehead atoms. The van der Waals surface area contributed by atoms with E-state index in [1.165, 1.54) is 18.4 Å². The lowest BCUT2D eigenvalue weighted by Crippen LogP contribution is -2.39. The van der Waals surface area contributed by atoms with Crippen molar-refractivity contribution in [3.05, 3.63) is 35.6 Å². The summed E-state index contributed by atoms with van der Waals surface area (Å²) >= 11 is 0. The van der Waals surface area contributed by atoms with E-state index in [1.54, 1.807) is 12.1 Å². The van der Waals surface area contributed by atoms with E-state index in [9.17, 15) is 4.39 Å². The summed E-state index contributed by atoms with van der Waals surface area (Å²) in [4.78, 5) is 4.73. The molecule has 0 unspecified atom stereocenters. The van der Waals surface area contributed by atoms with Gasteiger partial charge in [-0.05, 0) is 50.3 Å². The summed E-state index contributed by atoms with van der Waals surface area (Å²) in [5, 5.41) is 6.73. The van der Waals surface area contributed by atoms with Crippen LogP contribution in [0.25, 0.3) is 0 Å². The standard InChI is InChI=1S/C16H22FN3.HI/c1-2-18-15(20-14-7-8-14)19-11-16(9-10-16)12-3-5-13(17)6-4-12;/h3-6,14H,2,7-11H2,1H3,(H2,18,19,20);1H. The molecular formula is C16H23FIN3. The van der Waals surface area contributed by atoms with Crippen LogP contribution in [0.1, 0.15) is 38.2 Å². The zero-order chi connectivity index (χ0) is 14.0. The molecule has 0 spiro atoms. The number of rotatable bonds is 5. The van der Waals surface area contributed by atoms with E-state index in [-0.39, 0.29) is 35.2 Å². The Hall–Kier alpha value is -0.850. The van der Waals surface area contributed by atoms with Gasteiger partial charge in [0.1, 0.15) is 5.82 Å². The highest BCUT2D eigenvalue weighted by atomic mass is 127. The van der Waals surface area contributed by atoms with Gasteiger partial charge in [0.2, 0.25) is 0 Å². The predicted molar refractivity (Wildman–Crippen MR) is 94.9 cm³/mol. The molecule has 0 aliphatic heterocycles. The number of benzene rings is 1. The van der Waals surface area contributed by atoms with Gasteiger partial charge in [0.25, 0.3) is 0 Å². The SMILES string of the molecule is CCNC(=NCC1(c2ccc(F)cc2)CC1)NC1CC1.I. The molecule has 2 aliphatic carbocycles. The average molecular weight is 403 g/mol. The highest BCUT2D eigenvalue weighted by Crippen LogP contribution is 2.48. The second kappa shape index (κ2) is 6.94. The van der Waals surface area contributed by atoms with Gasteiger partial charge in [0, 0.05) is 18.0 Å². The third-order valence-electron chi connectivity index (χ3n) is 4.11. The smallest absolute Gasteiger partial charge is 0.191 e. The minimum atomic E-state index is -0.170. The summed E-state index contributed by atoms with van der Waals surface area (Å²) in [6, 6.07) is 7.51. The summed E-state index contributed by atoms with van der Waals surface area (Å²) in [7, 11) is 0. The van der Waals surface area contributed by atoms with Crippen molar-refractivity contribution in [3.63, 3.8) is 0 Å². The third-order valence-corrected chi connectivity index (χ3v) is 4.11. The van der Waals surface area contributed by atoms with E-state index in [1.807, 2.05) is 12.1 Å². The van der Waals surface area contributed by atoms with Crippen molar-refractivity contribution in [2.24, 2.45) is 4.99 Å². The number of hydrogen-bond acceptors (Lipinski definition) is 1. The van der Waals surface area contributed by atoms with Crippen molar-refractivity contribution in [2.45, 2.75) is 44.1 Å². The summed E-state index contributed by atoms with van der Waals surface area (Å²) in [6.45, 7) is 3.74. The highest BCUT2D eigenvalue weighted by molar-refractivity contribution is 14.0. The van der Waals surface area contributed by atoms with Crippen LogP contribution in [0.2, 0.25) is 0 Å². The van der Waals surface area contributed by atoms with Crippen LogP contribution in [0.4, 0.5) is 4.39 Å². The fourth-order valence-corrected chi connectivity index (χ4v) is 2.46. The van der Waals surface area contributed by atoms with Crippen LogP contribution in [-0.4, -0.2) is 25.1 Å². The summed E-state index contributed by atoms with van der Waals surface area (Å²) < 4.78 is 13.0. The molecule has 3 nitrogen and oxygen atoms in total. The number of nitrogens with zero attached hydrogens (tertiary/aromatic N) is 1. The van der Waals surface area contributed by atoms with Crippen LogP contribution < -0.4 is 10.6 Å². The van der Waals surface area contributed by atoms with Crippen LogP contribution in [0, 0.1) is 5.82 Å². The monoisotopic (exact) mass is 403 g/mol. The maximum Gasteiger partial charge on any atom is 0.191 e. The first kappa shape index (κ1) is 16.5. The topological polar surface area (TPSA) is 36.4 Å². The van der Waals surface area contributed by atoms with Crippen molar-refractivity contribution in [1.82, 2.24) is 10.6 Å². The molecule has 5 heteroatoms. The van der Waals surface area contributed by atoms with Crippen molar-refractivity contribution in [1.29, 1.82) is 0 Å². The number of aliphatic imine (C=N–C) groups is 1. The Balaban J connectivity index is 0.00000161. The molecule has 3 rings (SSSR count). The van der Waals surface area contributed by atoms with Crippen LogP contribution in [0.3, 0.4) is 0 Å². The molecule has 0 saturated heterocycles. The van der Waals surface area contributed by atoms with E-state index in [0.717, 1.165) is 31.9 Å². The molecular weight excluding hydrogens is 380 g/mol.